The second kappa shape index (κ2) is 6.37. The van der Waals surface area contributed by atoms with Crippen molar-refractivity contribution in [2.75, 3.05) is 0 Å². The van der Waals surface area contributed by atoms with Crippen molar-refractivity contribution in [2.24, 2.45) is 5.73 Å². The minimum atomic E-state index is -0.0970. The first-order valence-electron chi connectivity index (χ1n) is 6.66. The number of nitrogens with one attached hydrogen (secondary N) is 1. The van der Waals surface area contributed by atoms with Crippen molar-refractivity contribution >= 4 is 34.5 Å². The molecule has 0 fully saturated rings. The van der Waals surface area contributed by atoms with Crippen LogP contribution in [0.15, 0.2) is 30.3 Å². The number of rotatable bonds is 4. The third-order valence-corrected chi connectivity index (χ3v) is 4.54. The molecule has 1 heterocycles. The molecule has 0 spiro atoms. The maximum Gasteiger partial charge on any atom is 0.251 e. The van der Waals surface area contributed by atoms with Crippen LogP contribution >= 0.6 is 23.6 Å². The lowest BCUT2D eigenvalue weighted by Gasteiger charge is -2.14. The number of carbonyl (C=O) groups is 1. The summed E-state index contributed by atoms with van der Waals surface area (Å²) in [5, 5.41) is 3.02. The molecule has 2 rings (SSSR count). The molecule has 0 aliphatic rings. The molecule has 1 atom stereocenters. The van der Waals surface area contributed by atoms with Crippen LogP contribution in [0.3, 0.4) is 0 Å². The van der Waals surface area contributed by atoms with Gasteiger partial charge in [-0.15, -0.1) is 11.3 Å². The number of aryl methyl sites for hydroxylation is 2. The van der Waals surface area contributed by atoms with Crippen LogP contribution in [-0.4, -0.2) is 10.9 Å². The lowest BCUT2D eigenvalue weighted by Crippen LogP contribution is -2.26. The van der Waals surface area contributed by atoms with E-state index in [2.05, 4.69) is 25.2 Å². The summed E-state index contributed by atoms with van der Waals surface area (Å²) >= 11 is 6.65. The van der Waals surface area contributed by atoms with Gasteiger partial charge in [0, 0.05) is 20.9 Å². The van der Waals surface area contributed by atoms with Crippen LogP contribution in [0.5, 0.6) is 0 Å². The SMILES string of the molecule is Cc1cc(C(C)NC(=O)c2ccc(C(N)=S)cc2)c(C)s1. The zero-order valence-electron chi connectivity index (χ0n) is 12.3. The molecule has 0 bridgehead atoms. The number of nitrogens with two attached hydrogens (primary N) is 1. The number of hydrogen-bond donors (Lipinski definition) is 2. The summed E-state index contributed by atoms with van der Waals surface area (Å²) in [6.07, 6.45) is 0. The van der Waals surface area contributed by atoms with E-state index in [9.17, 15) is 4.79 Å². The Labute approximate surface area is 134 Å². The van der Waals surface area contributed by atoms with E-state index in [1.54, 1.807) is 35.6 Å². The smallest absolute Gasteiger partial charge is 0.251 e. The van der Waals surface area contributed by atoms with Gasteiger partial charge in [-0.25, -0.2) is 0 Å². The summed E-state index contributed by atoms with van der Waals surface area (Å²) in [4.78, 5) is 15.1. The van der Waals surface area contributed by atoms with Gasteiger partial charge in [0.15, 0.2) is 0 Å². The molecular weight excluding hydrogens is 300 g/mol. The molecule has 3 N–H and O–H groups in total. The third-order valence-electron chi connectivity index (χ3n) is 3.33. The molecule has 1 unspecified atom stereocenters. The molecule has 0 aliphatic heterocycles. The monoisotopic (exact) mass is 318 g/mol. The molecule has 0 radical (unpaired) electrons. The first kappa shape index (κ1) is 15.7. The van der Waals surface area contributed by atoms with Crippen LogP contribution in [0.4, 0.5) is 0 Å². The maximum absolute atomic E-state index is 12.3. The molecule has 0 aliphatic carbocycles. The van der Waals surface area contributed by atoms with E-state index >= 15 is 0 Å². The predicted octanol–water partition coefficient (Wildman–Crippen LogP) is 3.49. The molecular formula is C16H18N2OS2. The predicted molar refractivity (Wildman–Crippen MR) is 92.0 cm³/mol. The zero-order chi connectivity index (χ0) is 15.6. The Morgan fingerprint density at radius 2 is 1.81 bits per heavy atom. The molecule has 1 amide bonds. The fourth-order valence-electron chi connectivity index (χ4n) is 2.22. The van der Waals surface area contributed by atoms with Gasteiger partial charge >= 0.3 is 0 Å². The Morgan fingerprint density at radius 1 is 1.24 bits per heavy atom. The Kier molecular flexibility index (Phi) is 4.75. The highest BCUT2D eigenvalue weighted by Crippen LogP contribution is 2.26. The molecule has 2 aromatic rings. The topological polar surface area (TPSA) is 55.1 Å². The Morgan fingerprint density at radius 3 is 2.29 bits per heavy atom. The minimum absolute atomic E-state index is 0.0160. The summed E-state index contributed by atoms with van der Waals surface area (Å²) < 4.78 is 0. The normalized spacial score (nSPS) is 12.0. The van der Waals surface area contributed by atoms with E-state index in [1.807, 2.05) is 6.92 Å². The van der Waals surface area contributed by atoms with Gasteiger partial charge in [0.1, 0.15) is 4.99 Å². The van der Waals surface area contributed by atoms with Gasteiger partial charge in [0.05, 0.1) is 6.04 Å². The van der Waals surface area contributed by atoms with Crippen LogP contribution in [0.2, 0.25) is 0 Å². The average molecular weight is 318 g/mol. The number of amides is 1. The number of carbonyl (C=O) groups excluding carboxylic acids is 1. The van der Waals surface area contributed by atoms with E-state index < -0.39 is 0 Å². The van der Waals surface area contributed by atoms with E-state index in [0.29, 0.717) is 10.6 Å². The maximum atomic E-state index is 12.3. The lowest BCUT2D eigenvalue weighted by atomic mass is 10.1. The van der Waals surface area contributed by atoms with Gasteiger partial charge in [-0.1, -0.05) is 24.4 Å². The molecule has 0 saturated carbocycles. The van der Waals surface area contributed by atoms with Gasteiger partial charge in [0.25, 0.3) is 5.91 Å². The third kappa shape index (κ3) is 3.68. The summed E-state index contributed by atoms with van der Waals surface area (Å²) in [5.41, 5.74) is 8.09. The van der Waals surface area contributed by atoms with Gasteiger partial charge in [-0.3, -0.25) is 4.79 Å². The summed E-state index contributed by atoms with van der Waals surface area (Å²) in [5.74, 6) is -0.0970. The van der Waals surface area contributed by atoms with E-state index in [4.69, 9.17) is 18.0 Å². The fourth-order valence-corrected chi connectivity index (χ4v) is 3.38. The number of thiophene rings is 1. The van der Waals surface area contributed by atoms with Crippen molar-refractivity contribution in [1.82, 2.24) is 5.32 Å². The lowest BCUT2D eigenvalue weighted by molar-refractivity contribution is 0.0940. The standard InChI is InChI=1S/C16H18N2OS2/c1-9-8-14(11(3)21-9)10(2)18-16(19)13-6-4-12(5-7-13)15(17)20/h4-8,10H,1-3H3,(H2,17,20)(H,18,19). The molecule has 0 saturated heterocycles. The first-order valence-corrected chi connectivity index (χ1v) is 7.88. The minimum Gasteiger partial charge on any atom is -0.389 e. The highest BCUT2D eigenvalue weighted by Gasteiger charge is 2.15. The molecule has 1 aromatic heterocycles. The average Bonchev–Trinajstić information content (AvgIpc) is 2.77. The summed E-state index contributed by atoms with van der Waals surface area (Å²) in [6, 6.07) is 9.12. The number of benzene rings is 1. The molecule has 5 heteroatoms. The van der Waals surface area contributed by atoms with E-state index in [1.165, 1.54) is 15.3 Å². The number of hydrogen-bond acceptors (Lipinski definition) is 3. The first-order chi connectivity index (χ1) is 9.88. The van der Waals surface area contributed by atoms with Crippen LogP contribution in [0, 0.1) is 13.8 Å². The van der Waals surface area contributed by atoms with E-state index in [-0.39, 0.29) is 11.9 Å². The Hall–Kier alpha value is -1.72. The second-order valence-electron chi connectivity index (χ2n) is 5.01. The van der Waals surface area contributed by atoms with Gasteiger partial charge in [-0.2, -0.15) is 0 Å². The zero-order valence-corrected chi connectivity index (χ0v) is 13.9. The van der Waals surface area contributed by atoms with Crippen LogP contribution < -0.4 is 11.1 Å². The van der Waals surface area contributed by atoms with Crippen molar-refractivity contribution in [2.45, 2.75) is 26.8 Å². The highest BCUT2D eigenvalue weighted by molar-refractivity contribution is 7.80. The van der Waals surface area contributed by atoms with Crippen molar-refractivity contribution in [3.05, 3.63) is 56.8 Å². The molecule has 3 nitrogen and oxygen atoms in total. The van der Waals surface area contributed by atoms with Crippen molar-refractivity contribution in [1.29, 1.82) is 0 Å². The number of thiocarbonyl (C=S) groups is 1. The van der Waals surface area contributed by atoms with Crippen LogP contribution in [0.25, 0.3) is 0 Å². The van der Waals surface area contributed by atoms with Crippen molar-refractivity contribution < 1.29 is 4.79 Å². The molecule has 110 valence electrons. The fraction of sp³-hybridized carbons (Fsp3) is 0.250. The summed E-state index contributed by atoms with van der Waals surface area (Å²) in [6.45, 7) is 6.15. The molecule has 1 aromatic carbocycles. The van der Waals surface area contributed by atoms with Crippen LogP contribution in [0.1, 0.15) is 44.2 Å². The Bertz CT molecular complexity index is 674. The van der Waals surface area contributed by atoms with Gasteiger partial charge < -0.3 is 11.1 Å². The van der Waals surface area contributed by atoms with Gasteiger partial charge in [-0.05, 0) is 44.5 Å². The Balaban J connectivity index is 2.10. The largest absolute Gasteiger partial charge is 0.389 e. The second-order valence-corrected chi connectivity index (χ2v) is 6.91. The summed E-state index contributed by atoms with van der Waals surface area (Å²) in [7, 11) is 0. The van der Waals surface area contributed by atoms with Crippen LogP contribution in [-0.2, 0) is 0 Å². The van der Waals surface area contributed by atoms with Crippen molar-refractivity contribution in [3.8, 4) is 0 Å². The highest BCUT2D eigenvalue weighted by atomic mass is 32.1. The van der Waals surface area contributed by atoms with E-state index in [0.717, 1.165) is 5.56 Å². The van der Waals surface area contributed by atoms with Crippen molar-refractivity contribution in [3.63, 3.8) is 0 Å². The van der Waals surface area contributed by atoms with Gasteiger partial charge in [0.2, 0.25) is 0 Å². The quantitative estimate of drug-likeness (QED) is 0.849. The molecule has 21 heavy (non-hydrogen) atoms.